The van der Waals surface area contributed by atoms with E-state index in [0.717, 1.165) is 22.1 Å². The van der Waals surface area contributed by atoms with Gasteiger partial charge in [-0.25, -0.2) is 0 Å². The van der Waals surface area contributed by atoms with Gasteiger partial charge in [0.1, 0.15) is 0 Å². The number of nitro groups is 1. The average molecular weight is 355 g/mol. The number of pyridine rings is 1. The standard InChI is InChI=1S/C17H17N5O2S/c1-3-21-16(13-5-4-8-18-10-13)19-20-17(21)25-11-14-9-12(2)6-7-15(14)22(23)24/h4-10H,3,11H2,1-2H3. The Bertz CT molecular complexity index is 895. The summed E-state index contributed by atoms with van der Waals surface area (Å²) in [5, 5.41) is 20.5. The molecule has 0 N–H and O–H groups in total. The maximum atomic E-state index is 11.2. The van der Waals surface area contributed by atoms with Crippen LogP contribution in [0.15, 0.2) is 47.9 Å². The molecule has 0 saturated carbocycles. The minimum Gasteiger partial charge on any atom is -0.302 e. The van der Waals surface area contributed by atoms with Gasteiger partial charge in [-0.2, -0.15) is 0 Å². The van der Waals surface area contributed by atoms with Gasteiger partial charge in [-0.3, -0.25) is 15.1 Å². The zero-order valence-electron chi connectivity index (χ0n) is 13.9. The predicted octanol–water partition coefficient (Wildman–Crippen LogP) is 3.87. The van der Waals surface area contributed by atoms with Crippen molar-refractivity contribution in [3.8, 4) is 11.4 Å². The molecule has 0 spiro atoms. The molecule has 128 valence electrons. The van der Waals surface area contributed by atoms with Crippen molar-refractivity contribution in [1.29, 1.82) is 0 Å². The van der Waals surface area contributed by atoms with E-state index in [2.05, 4.69) is 15.2 Å². The first-order chi connectivity index (χ1) is 12.1. The minimum absolute atomic E-state index is 0.133. The molecule has 3 rings (SSSR count). The minimum atomic E-state index is -0.346. The third-order valence-corrected chi connectivity index (χ3v) is 4.76. The summed E-state index contributed by atoms with van der Waals surface area (Å²) in [6.07, 6.45) is 3.46. The van der Waals surface area contributed by atoms with Gasteiger partial charge in [0.25, 0.3) is 5.69 Å². The highest BCUT2D eigenvalue weighted by atomic mass is 32.2. The molecule has 8 heteroatoms. The van der Waals surface area contributed by atoms with Crippen molar-refractivity contribution in [2.75, 3.05) is 0 Å². The summed E-state index contributed by atoms with van der Waals surface area (Å²) in [5.41, 5.74) is 2.70. The molecule has 0 saturated heterocycles. The highest BCUT2D eigenvalue weighted by Crippen LogP contribution is 2.29. The van der Waals surface area contributed by atoms with Crippen LogP contribution in [-0.2, 0) is 12.3 Å². The van der Waals surface area contributed by atoms with Crippen molar-refractivity contribution in [3.05, 3.63) is 64.0 Å². The van der Waals surface area contributed by atoms with Crippen molar-refractivity contribution < 1.29 is 4.92 Å². The van der Waals surface area contributed by atoms with Gasteiger partial charge in [0.2, 0.25) is 0 Å². The molecular weight excluding hydrogens is 338 g/mol. The van der Waals surface area contributed by atoms with Gasteiger partial charge < -0.3 is 4.57 Å². The second-order valence-electron chi connectivity index (χ2n) is 5.47. The van der Waals surface area contributed by atoms with Crippen LogP contribution in [0.3, 0.4) is 0 Å². The SMILES string of the molecule is CCn1c(SCc2cc(C)ccc2[N+](=O)[O-])nnc1-c1cccnc1. The van der Waals surface area contributed by atoms with Gasteiger partial charge in [0.15, 0.2) is 11.0 Å². The normalized spacial score (nSPS) is 10.8. The molecule has 3 aromatic rings. The molecule has 0 aliphatic rings. The first-order valence-corrected chi connectivity index (χ1v) is 8.79. The number of hydrogen-bond donors (Lipinski definition) is 0. The topological polar surface area (TPSA) is 86.7 Å². The first-order valence-electron chi connectivity index (χ1n) is 7.80. The molecular formula is C17H17N5O2S. The van der Waals surface area contributed by atoms with E-state index in [1.54, 1.807) is 24.5 Å². The molecule has 2 aromatic heterocycles. The summed E-state index contributed by atoms with van der Waals surface area (Å²) in [6.45, 7) is 4.64. The molecule has 0 amide bonds. The summed E-state index contributed by atoms with van der Waals surface area (Å²) in [6, 6.07) is 8.94. The van der Waals surface area contributed by atoms with Crippen LogP contribution in [0.4, 0.5) is 5.69 Å². The van der Waals surface area contributed by atoms with E-state index in [9.17, 15) is 10.1 Å². The zero-order valence-corrected chi connectivity index (χ0v) is 14.7. The predicted molar refractivity (Wildman–Crippen MR) is 96.3 cm³/mol. The van der Waals surface area contributed by atoms with Gasteiger partial charge in [-0.1, -0.05) is 23.4 Å². The lowest BCUT2D eigenvalue weighted by molar-refractivity contribution is -0.385. The quantitative estimate of drug-likeness (QED) is 0.379. The fraction of sp³-hybridized carbons (Fsp3) is 0.235. The summed E-state index contributed by atoms with van der Waals surface area (Å²) in [4.78, 5) is 15.0. The van der Waals surface area contributed by atoms with Crippen LogP contribution in [0.5, 0.6) is 0 Å². The number of nitro benzene ring substituents is 1. The molecule has 1 aromatic carbocycles. The van der Waals surface area contributed by atoms with Crippen LogP contribution < -0.4 is 0 Å². The molecule has 0 unspecified atom stereocenters. The third kappa shape index (κ3) is 3.69. The highest BCUT2D eigenvalue weighted by Gasteiger charge is 2.17. The second-order valence-corrected chi connectivity index (χ2v) is 6.41. The Morgan fingerprint density at radius 3 is 2.80 bits per heavy atom. The highest BCUT2D eigenvalue weighted by molar-refractivity contribution is 7.98. The Morgan fingerprint density at radius 1 is 1.28 bits per heavy atom. The average Bonchev–Trinajstić information content (AvgIpc) is 3.03. The summed E-state index contributed by atoms with van der Waals surface area (Å²) < 4.78 is 1.99. The van der Waals surface area contributed by atoms with Crippen molar-refractivity contribution in [2.24, 2.45) is 0 Å². The molecule has 7 nitrogen and oxygen atoms in total. The van der Waals surface area contributed by atoms with E-state index in [0.29, 0.717) is 17.9 Å². The van der Waals surface area contributed by atoms with Crippen molar-refractivity contribution >= 4 is 17.4 Å². The van der Waals surface area contributed by atoms with E-state index in [4.69, 9.17) is 0 Å². The van der Waals surface area contributed by atoms with E-state index >= 15 is 0 Å². The number of rotatable bonds is 6. The van der Waals surface area contributed by atoms with Gasteiger partial charge in [-0.15, -0.1) is 10.2 Å². The number of nitrogens with zero attached hydrogens (tertiary/aromatic N) is 5. The van der Waals surface area contributed by atoms with Gasteiger partial charge in [-0.05, 0) is 32.0 Å². The van der Waals surface area contributed by atoms with Crippen LogP contribution in [0.2, 0.25) is 0 Å². The molecule has 0 aliphatic carbocycles. The Morgan fingerprint density at radius 2 is 2.12 bits per heavy atom. The van der Waals surface area contributed by atoms with Crippen LogP contribution >= 0.6 is 11.8 Å². The van der Waals surface area contributed by atoms with E-state index in [1.807, 2.05) is 36.6 Å². The molecule has 2 heterocycles. The second kappa shape index (κ2) is 7.43. The Labute approximate surface area is 149 Å². The zero-order chi connectivity index (χ0) is 17.8. The number of benzene rings is 1. The number of aromatic nitrogens is 4. The Kier molecular flexibility index (Phi) is 5.08. The van der Waals surface area contributed by atoms with E-state index < -0.39 is 0 Å². The number of hydrogen-bond acceptors (Lipinski definition) is 6. The van der Waals surface area contributed by atoms with Crippen LogP contribution in [-0.4, -0.2) is 24.7 Å². The number of thioether (sulfide) groups is 1. The van der Waals surface area contributed by atoms with Crippen molar-refractivity contribution in [2.45, 2.75) is 31.3 Å². The van der Waals surface area contributed by atoms with Crippen LogP contribution in [0, 0.1) is 17.0 Å². The van der Waals surface area contributed by atoms with Crippen molar-refractivity contribution in [1.82, 2.24) is 19.7 Å². The van der Waals surface area contributed by atoms with Crippen LogP contribution in [0.1, 0.15) is 18.1 Å². The summed E-state index contributed by atoms with van der Waals surface area (Å²) >= 11 is 1.44. The Balaban J connectivity index is 1.87. The van der Waals surface area contributed by atoms with Crippen molar-refractivity contribution in [3.63, 3.8) is 0 Å². The monoisotopic (exact) mass is 355 g/mol. The fourth-order valence-electron chi connectivity index (χ4n) is 2.54. The molecule has 0 atom stereocenters. The molecule has 25 heavy (non-hydrogen) atoms. The molecule has 0 radical (unpaired) electrons. The Hall–Kier alpha value is -2.74. The lowest BCUT2D eigenvalue weighted by Crippen LogP contribution is -2.00. The molecule has 0 aliphatic heterocycles. The van der Waals surface area contributed by atoms with Gasteiger partial charge >= 0.3 is 0 Å². The fourth-order valence-corrected chi connectivity index (χ4v) is 3.53. The molecule has 0 fully saturated rings. The largest absolute Gasteiger partial charge is 0.302 e. The lowest BCUT2D eigenvalue weighted by atomic mass is 10.1. The van der Waals surface area contributed by atoms with Gasteiger partial charge in [0.05, 0.1) is 4.92 Å². The maximum Gasteiger partial charge on any atom is 0.273 e. The van der Waals surface area contributed by atoms with E-state index in [1.165, 1.54) is 11.8 Å². The summed E-state index contributed by atoms with van der Waals surface area (Å²) in [5.74, 6) is 1.21. The van der Waals surface area contributed by atoms with E-state index in [-0.39, 0.29) is 10.6 Å². The maximum absolute atomic E-state index is 11.2. The first kappa shape index (κ1) is 17.1. The number of aryl methyl sites for hydroxylation is 1. The van der Waals surface area contributed by atoms with Gasteiger partial charge in [0, 0.05) is 41.9 Å². The summed E-state index contributed by atoms with van der Waals surface area (Å²) in [7, 11) is 0. The third-order valence-electron chi connectivity index (χ3n) is 3.74. The lowest BCUT2D eigenvalue weighted by Gasteiger charge is -2.08. The molecule has 0 bridgehead atoms. The smallest absolute Gasteiger partial charge is 0.273 e. The van der Waals surface area contributed by atoms with Crippen LogP contribution in [0.25, 0.3) is 11.4 Å².